The number of aryl methyl sites for hydroxylation is 3. The highest BCUT2D eigenvalue weighted by atomic mass is 32.1. The molecule has 0 saturated carbocycles. The van der Waals surface area contributed by atoms with Crippen LogP contribution in [0.2, 0.25) is 0 Å². The lowest BCUT2D eigenvalue weighted by atomic mass is 10.0. The summed E-state index contributed by atoms with van der Waals surface area (Å²) in [5, 5.41) is 6.28. The predicted octanol–water partition coefficient (Wildman–Crippen LogP) is 3.72. The first kappa shape index (κ1) is 19.1. The number of thiazole rings is 1. The van der Waals surface area contributed by atoms with Crippen LogP contribution in [0, 0.1) is 19.8 Å². The molecule has 25 heavy (non-hydrogen) atoms. The van der Waals surface area contributed by atoms with Gasteiger partial charge in [-0.1, -0.05) is 39.0 Å². The largest absolute Gasteiger partial charge is 0.340 e. The molecule has 1 aromatic heterocycles. The molecule has 0 aliphatic heterocycles. The molecule has 2 aromatic rings. The van der Waals surface area contributed by atoms with Crippen LogP contribution in [0.25, 0.3) is 0 Å². The van der Waals surface area contributed by atoms with Gasteiger partial charge in [0.15, 0.2) is 5.13 Å². The summed E-state index contributed by atoms with van der Waals surface area (Å²) in [5.74, 6) is -0.524. The van der Waals surface area contributed by atoms with Crippen LogP contribution in [0.5, 0.6) is 0 Å². The molecule has 1 aromatic carbocycles. The van der Waals surface area contributed by atoms with E-state index in [-0.39, 0.29) is 17.7 Å². The quantitative estimate of drug-likeness (QED) is 0.826. The molecule has 1 atom stereocenters. The van der Waals surface area contributed by atoms with Crippen molar-refractivity contribution in [3.05, 3.63) is 46.0 Å². The predicted molar refractivity (Wildman–Crippen MR) is 102 cm³/mol. The molecule has 0 bridgehead atoms. The normalized spacial score (nSPS) is 12.1. The second kappa shape index (κ2) is 8.25. The van der Waals surface area contributed by atoms with Gasteiger partial charge in [0, 0.05) is 10.4 Å². The average Bonchev–Trinajstić information content (AvgIpc) is 2.91. The molecule has 0 unspecified atom stereocenters. The summed E-state index contributed by atoms with van der Waals surface area (Å²) in [6, 6.07) is 6.72. The summed E-state index contributed by atoms with van der Waals surface area (Å²) >= 11 is 1.46. The summed E-state index contributed by atoms with van der Waals surface area (Å²) in [6.07, 6.45) is 0.829. The van der Waals surface area contributed by atoms with E-state index >= 15 is 0 Å². The molecule has 0 spiro atoms. The molecule has 6 heteroatoms. The van der Waals surface area contributed by atoms with Crippen molar-refractivity contribution in [3.8, 4) is 0 Å². The number of carbonyl (C=O) groups excluding carboxylic acids is 2. The topological polar surface area (TPSA) is 71.1 Å². The summed E-state index contributed by atoms with van der Waals surface area (Å²) in [7, 11) is 0. The number of hydrogen-bond acceptors (Lipinski definition) is 4. The first-order valence-electron chi connectivity index (χ1n) is 8.47. The van der Waals surface area contributed by atoms with Gasteiger partial charge < -0.3 is 10.6 Å². The standard InChI is InChI=1S/C19H25N3O2S/c1-6-15-13(5)25-19(20-15)22-18(24)16(11(2)3)21-17(23)14-10-8-7-9-12(14)4/h7-11,16H,6H2,1-5H3,(H,21,23)(H,20,22,24)/t16-/m1/s1. The van der Waals surface area contributed by atoms with Crippen molar-refractivity contribution < 1.29 is 9.59 Å². The molecule has 2 amide bonds. The van der Waals surface area contributed by atoms with Gasteiger partial charge in [-0.05, 0) is 37.8 Å². The molecule has 0 aliphatic carbocycles. The Morgan fingerprint density at radius 2 is 1.88 bits per heavy atom. The van der Waals surface area contributed by atoms with Gasteiger partial charge in [-0.3, -0.25) is 9.59 Å². The number of benzene rings is 1. The maximum atomic E-state index is 12.7. The Bertz CT molecular complexity index is 768. The molecule has 5 nitrogen and oxygen atoms in total. The SMILES string of the molecule is CCc1nc(NC(=O)[C@H](NC(=O)c2ccccc2C)C(C)C)sc1C. The Morgan fingerprint density at radius 1 is 1.20 bits per heavy atom. The number of carbonyl (C=O) groups is 2. The molecular weight excluding hydrogens is 334 g/mol. The zero-order valence-electron chi connectivity index (χ0n) is 15.3. The molecular formula is C19H25N3O2S. The van der Waals surface area contributed by atoms with E-state index in [1.165, 1.54) is 11.3 Å². The van der Waals surface area contributed by atoms with Gasteiger partial charge in [0.25, 0.3) is 5.91 Å². The Hall–Kier alpha value is -2.21. The zero-order chi connectivity index (χ0) is 18.6. The van der Waals surface area contributed by atoms with Crippen LogP contribution in [0.15, 0.2) is 24.3 Å². The molecule has 2 N–H and O–H groups in total. The summed E-state index contributed by atoms with van der Waals surface area (Å²) in [6.45, 7) is 9.73. The second-order valence-corrected chi connectivity index (χ2v) is 7.58. The van der Waals surface area contributed by atoms with Gasteiger partial charge in [-0.25, -0.2) is 4.98 Å². The highest BCUT2D eigenvalue weighted by Gasteiger charge is 2.26. The van der Waals surface area contributed by atoms with Crippen molar-refractivity contribution in [2.75, 3.05) is 5.32 Å². The molecule has 1 heterocycles. The van der Waals surface area contributed by atoms with Crippen LogP contribution < -0.4 is 10.6 Å². The van der Waals surface area contributed by atoms with Gasteiger partial charge in [-0.2, -0.15) is 0 Å². The summed E-state index contributed by atoms with van der Waals surface area (Å²) in [5.41, 5.74) is 2.45. The monoisotopic (exact) mass is 359 g/mol. The number of hydrogen-bond donors (Lipinski definition) is 2. The van der Waals surface area contributed by atoms with Crippen molar-refractivity contribution >= 4 is 28.3 Å². The molecule has 0 fully saturated rings. The third kappa shape index (κ3) is 4.66. The van der Waals surface area contributed by atoms with E-state index in [1.54, 1.807) is 6.07 Å². The number of nitrogens with one attached hydrogen (secondary N) is 2. The minimum atomic E-state index is -0.624. The second-order valence-electron chi connectivity index (χ2n) is 6.37. The first-order chi connectivity index (χ1) is 11.8. The maximum absolute atomic E-state index is 12.7. The van der Waals surface area contributed by atoms with E-state index in [2.05, 4.69) is 15.6 Å². The lowest BCUT2D eigenvalue weighted by molar-refractivity contribution is -0.118. The fourth-order valence-electron chi connectivity index (χ4n) is 2.57. The van der Waals surface area contributed by atoms with Crippen LogP contribution in [0.1, 0.15) is 47.3 Å². The van der Waals surface area contributed by atoms with Crippen LogP contribution in [-0.2, 0) is 11.2 Å². The van der Waals surface area contributed by atoms with E-state index in [4.69, 9.17) is 0 Å². The third-order valence-corrected chi connectivity index (χ3v) is 5.01. The van der Waals surface area contributed by atoms with Gasteiger partial charge >= 0.3 is 0 Å². The number of rotatable bonds is 6. The van der Waals surface area contributed by atoms with Crippen molar-refractivity contribution in [2.24, 2.45) is 5.92 Å². The van der Waals surface area contributed by atoms with Crippen molar-refractivity contribution in [1.29, 1.82) is 0 Å². The first-order valence-corrected chi connectivity index (χ1v) is 9.28. The van der Waals surface area contributed by atoms with Crippen molar-refractivity contribution in [2.45, 2.75) is 47.1 Å². The minimum absolute atomic E-state index is 0.0420. The highest BCUT2D eigenvalue weighted by molar-refractivity contribution is 7.15. The Kier molecular flexibility index (Phi) is 6.31. The van der Waals surface area contributed by atoms with E-state index in [9.17, 15) is 9.59 Å². The van der Waals surface area contributed by atoms with E-state index < -0.39 is 6.04 Å². The molecule has 0 aliphatic rings. The number of amides is 2. The average molecular weight is 359 g/mol. The third-order valence-electron chi connectivity index (χ3n) is 4.08. The number of nitrogens with zero attached hydrogens (tertiary/aromatic N) is 1. The Labute approximate surface area is 152 Å². The Balaban J connectivity index is 2.12. The maximum Gasteiger partial charge on any atom is 0.252 e. The molecule has 0 radical (unpaired) electrons. The summed E-state index contributed by atoms with van der Waals surface area (Å²) in [4.78, 5) is 30.7. The van der Waals surface area contributed by atoms with Gasteiger partial charge in [0.1, 0.15) is 6.04 Å². The van der Waals surface area contributed by atoms with Crippen molar-refractivity contribution in [1.82, 2.24) is 10.3 Å². The number of aromatic nitrogens is 1. The van der Waals surface area contributed by atoms with Crippen LogP contribution in [-0.4, -0.2) is 22.8 Å². The van der Waals surface area contributed by atoms with E-state index in [0.717, 1.165) is 22.6 Å². The van der Waals surface area contributed by atoms with Crippen LogP contribution >= 0.6 is 11.3 Å². The number of anilines is 1. The van der Waals surface area contributed by atoms with Crippen LogP contribution in [0.4, 0.5) is 5.13 Å². The van der Waals surface area contributed by atoms with E-state index in [1.807, 2.05) is 52.8 Å². The van der Waals surface area contributed by atoms with Gasteiger partial charge in [-0.15, -0.1) is 11.3 Å². The minimum Gasteiger partial charge on any atom is -0.340 e. The molecule has 0 saturated heterocycles. The molecule has 2 rings (SSSR count). The zero-order valence-corrected chi connectivity index (χ0v) is 16.2. The van der Waals surface area contributed by atoms with Gasteiger partial charge in [0.2, 0.25) is 5.91 Å². The smallest absolute Gasteiger partial charge is 0.252 e. The fraction of sp³-hybridized carbons (Fsp3) is 0.421. The Morgan fingerprint density at radius 3 is 2.44 bits per heavy atom. The molecule has 134 valence electrons. The summed E-state index contributed by atoms with van der Waals surface area (Å²) < 4.78 is 0. The highest BCUT2D eigenvalue weighted by Crippen LogP contribution is 2.23. The lowest BCUT2D eigenvalue weighted by Gasteiger charge is -2.21. The van der Waals surface area contributed by atoms with Gasteiger partial charge in [0.05, 0.1) is 5.69 Å². The van der Waals surface area contributed by atoms with Crippen LogP contribution in [0.3, 0.4) is 0 Å². The lowest BCUT2D eigenvalue weighted by Crippen LogP contribution is -2.47. The van der Waals surface area contributed by atoms with E-state index in [0.29, 0.717) is 10.7 Å². The van der Waals surface area contributed by atoms with Crippen molar-refractivity contribution in [3.63, 3.8) is 0 Å². The fourth-order valence-corrected chi connectivity index (χ4v) is 3.48.